The van der Waals surface area contributed by atoms with Crippen LogP contribution in [-0.4, -0.2) is 26.4 Å². The zero-order valence-electron chi connectivity index (χ0n) is 12.0. The lowest BCUT2D eigenvalue weighted by Gasteiger charge is -2.11. The van der Waals surface area contributed by atoms with Crippen molar-refractivity contribution in [3.63, 3.8) is 0 Å². The summed E-state index contributed by atoms with van der Waals surface area (Å²) in [5.74, 6) is 1.46. The monoisotopic (exact) mass is 329 g/mol. The van der Waals surface area contributed by atoms with E-state index >= 15 is 0 Å². The average molecular weight is 330 g/mol. The summed E-state index contributed by atoms with van der Waals surface area (Å²) in [5, 5.41) is 3.31. The van der Waals surface area contributed by atoms with Gasteiger partial charge in [0.1, 0.15) is 12.4 Å². The predicted octanol–water partition coefficient (Wildman–Crippen LogP) is 3.61. The van der Waals surface area contributed by atoms with E-state index in [1.54, 1.807) is 0 Å². The van der Waals surface area contributed by atoms with E-state index in [0.29, 0.717) is 19.1 Å². The molecular weight excluding hydrogens is 306 g/mol. The fourth-order valence-corrected chi connectivity index (χ4v) is 1.96. The summed E-state index contributed by atoms with van der Waals surface area (Å²) in [6.07, 6.45) is 0. The molecule has 0 saturated carbocycles. The molecule has 1 aromatic carbocycles. The van der Waals surface area contributed by atoms with Crippen LogP contribution in [0.1, 0.15) is 26.3 Å². The molecule has 0 aliphatic heterocycles. The predicted molar refractivity (Wildman–Crippen MR) is 82.7 cm³/mol. The maximum atomic E-state index is 5.69. The third-order valence-corrected chi connectivity index (χ3v) is 3.30. The third-order valence-electron chi connectivity index (χ3n) is 2.53. The molecule has 0 amide bonds. The molecule has 0 heterocycles. The van der Waals surface area contributed by atoms with Gasteiger partial charge in [-0.1, -0.05) is 36.7 Å². The Morgan fingerprint density at radius 2 is 2.05 bits per heavy atom. The van der Waals surface area contributed by atoms with Crippen molar-refractivity contribution in [3.05, 3.63) is 28.2 Å². The molecule has 0 unspecified atom stereocenters. The van der Waals surface area contributed by atoms with Crippen LogP contribution >= 0.6 is 15.9 Å². The number of ether oxygens (including phenoxy) is 2. The average Bonchev–Trinajstić information content (AvgIpc) is 2.38. The number of hydrogen-bond acceptors (Lipinski definition) is 3. The standard InChI is InChI=1S/C15H24BrNO2/c1-4-17-10-13-9-14(5-6-15(13)16)19-8-7-18-11-12(2)3/h5-6,9,12,17H,4,7-8,10-11H2,1-3H3. The first-order chi connectivity index (χ1) is 9.13. The molecule has 0 aliphatic carbocycles. The smallest absolute Gasteiger partial charge is 0.119 e. The van der Waals surface area contributed by atoms with E-state index in [-0.39, 0.29) is 0 Å². The SMILES string of the molecule is CCNCc1cc(OCCOCC(C)C)ccc1Br. The lowest BCUT2D eigenvalue weighted by Crippen LogP contribution is -2.13. The minimum absolute atomic E-state index is 0.569. The van der Waals surface area contributed by atoms with Crippen LogP contribution in [0.15, 0.2) is 22.7 Å². The lowest BCUT2D eigenvalue weighted by molar-refractivity contribution is 0.0819. The van der Waals surface area contributed by atoms with Crippen molar-refractivity contribution in [2.24, 2.45) is 5.92 Å². The van der Waals surface area contributed by atoms with Gasteiger partial charge < -0.3 is 14.8 Å². The highest BCUT2D eigenvalue weighted by Crippen LogP contribution is 2.22. The number of hydrogen-bond donors (Lipinski definition) is 1. The van der Waals surface area contributed by atoms with Crippen LogP contribution in [0.3, 0.4) is 0 Å². The van der Waals surface area contributed by atoms with Crippen LogP contribution in [0.25, 0.3) is 0 Å². The molecule has 0 saturated heterocycles. The van der Waals surface area contributed by atoms with Crippen LogP contribution in [0.4, 0.5) is 0 Å². The van der Waals surface area contributed by atoms with E-state index in [0.717, 1.165) is 29.9 Å². The van der Waals surface area contributed by atoms with Gasteiger partial charge in [-0.15, -0.1) is 0 Å². The minimum Gasteiger partial charge on any atom is -0.491 e. The molecule has 3 nitrogen and oxygen atoms in total. The summed E-state index contributed by atoms with van der Waals surface area (Å²) in [6, 6.07) is 6.06. The summed E-state index contributed by atoms with van der Waals surface area (Å²) in [5.41, 5.74) is 1.21. The summed E-state index contributed by atoms with van der Waals surface area (Å²) in [4.78, 5) is 0. The van der Waals surface area contributed by atoms with Gasteiger partial charge in [0.25, 0.3) is 0 Å². The summed E-state index contributed by atoms with van der Waals surface area (Å²) in [6.45, 7) is 10.2. The van der Waals surface area contributed by atoms with Gasteiger partial charge in [-0.3, -0.25) is 0 Å². The van der Waals surface area contributed by atoms with Crippen LogP contribution in [0.2, 0.25) is 0 Å². The minimum atomic E-state index is 0.569. The molecule has 0 spiro atoms. The topological polar surface area (TPSA) is 30.5 Å². The molecule has 0 fully saturated rings. The van der Waals surface area contributed by atoms with E-state index < -0.39 is 0 Å². The molecule has 0 bridgehead atoms. The van der Waals surface area contributed by atoms with E-state index in [4.69, 9.17) is 9.47 Å². The van der Waals surface area contributed by atoms with Crippen molar-refractivity contribution < 1.29 is 9.47 Å². The van der Waals surface area contributed by atoms with Gasteiger partial charge >= 0.3 is 0 Å². The van der Waals surface area contributed by atoms with Gasteiger partial charge in [-0.25, -0.2) is 0 Å². The second-order valence-electron chi connectivity index (χ2n) is 4.85. The molecular formula is C15H24BrNO2. The van der Waals surface area contributed by atoms with E-state index in [1.807, 2.05) is 12.1 Å². The van der Waals surface area contributed by atoms with Crippen molar-refractivity contribution in [1.82, 2.24) is 5.32 Å². The molecule has 108 valence electrons. The molecule has 1 aromatic rings. The van der Waals surface area contributed by atoms with Gasteiger partial charge in [-0.2, -0.15) is 0 Å². The Morgan fingerprint density at radius 1 is 1.26 bits per heavy atom. The third kappa shape index (κ3) is 6.95. The van der Waals surface area contributed by atoms with Crippen molar-refractivity contribution in [3.8, 4) is 5.75 Å². The second-order valence-corrected chi connectivity index (χ2v) is 5.71. The quantitative estimate of drug-likeness (QED) is 0.702. The Morgan fingerprint density at radius 3 is 2.74 bits per heavy atom. The maximum absolute atomic E-state index is 5.69. The summed E-state index contributed by atoms with van der Waals surface area (Å²) < 4.78 is 12.3. The maximum Gasteiger partial charge on any atom is 0.119 e. The molecule has 0 aliphatic rings. The largest absolute Gasteiger partial charge is 0.491 e. The van der Waals surface area contributed by atoms with Gasteiger partial charge in [0.05, 0.1) is 6.61 Å². The molecule has 0 radical (unpaired) electrons. The van der Waals surface area contributed by atoms with Gasteiger partial charge in [0.2, 0.25) is 0 Å². The first-order valence-electron chi connectivity index (χ1n) is 6.83. The highest BCUT2D eigenvalue weighted by Gasteiger charge is 2.02. The second kappa shape index (κ2) is 9.34. The lowest BCUT2D eigenvalue weighted by atomic mass is 10.2. The first-order valence-corrected chi connectivity index (χ1v) is 7.62. The van der Waals surface area contributed by atoms with Gasteiger partial charge in [-0.05, 0) is 36.2 Å². The fraction of sp³-hybridized carbons (Fsp3) is 0.600. The zero-order valence-corrected chi connectivity index (χ0v) is 13.6. The zero-order chi connectivity index (χ0) is 14.1. The summed E-state index contributed by atoms with van der Waals surface area (Å²) in [7, 11) is 0. The number of halogens is 1. The van der Waals surface area contributed by atoms with Crippen molar-refractivity contribution in [1.29, 1.82) is 0 Å². The normalized spacial score (nSPS) is 11.0. The van der Waals surface area contributed by atoms with Crippen LogP contribution in [0, 0.1) is 5.92 Å². The first kappa shape index (κ1) is 16.5. The number of nitrogens with one attached hydrogen (secondary N) is 1. The van der Waals surface area contributed by atoms with Gasteiger partial charge in [0, 0.05) is 17.6 Å². The number of rotatable bonds is 9. The molecule has 19 heavy (non-hydrogen) atoms. The van der Waals surface area contributed by atoms with Crippen LogP contribution in [-0.2, 0) is 11.3 Å². The molecule has 1 rings (SSSR count). The Balaban J connectivity index is 2.37. The van der Waals surface area contributed by atoms with E-state index in [1.165, 1.54) is 5.56 Å². The highest BCUT2D eigenvalue weighted by molar-refractivity contribution is 9.10. The van der Waals surface area contributed by atoms with E-state index in [9.17, 15) is 0 Å². The van der Waals surface area contributed by atoms with E-state index in [2.05, 4.69) is 48.1 Å². The highest BCUT2D eigenvalue weighted by atomic mass is 79.9. The van der Waals surface area contributed by atoms with Crippen LogP contribution in [0.5, 0.6) is 5.75 Å². The van der Waals surface area contributed by atoms with Crippen molar-refractivity contribution in [2.75, 3.05) is 26.4 Å². The van der Waals surface area contributed by atoms with Gasteiger partial charge in [0.15, 0.2) is 0 Å². The Kier molecular flexibility index (Phi) is 8.10. The Hall–Kier alpha value is -0.580. The fourth-order valence-electron chi connectivity index (χ4n) is 1.57. The van der Waals surface area contributed by atoms with Crippen molar-refractivity contribution in [2.45, 2.75) is 27.3 Å². The Bertz CT molecular complexity index is 369. The summed E-state index contributed by atoms with van der Waals surface area (Å²) >= 11 is 3.55. The molecule has 4 heteroatoms. The molecule has 0 aromatic heterocycles. The molecule has 1 N–H and O–H groups in total. The van der Waals surface area contributed by atoms with Crippen molar-refractivity contribution >= 4 is 15.9 Å². The molecule has 0 atom stereocenters. The van der Waals surface area contributed by atoms with Crippen LogP contribution < -0.4 is 10.1 Å². The number of benzene rings is 1. The Labute approximate surface area is 124 Å².